The molecule has 136 valence electrons. The molecule has 0 aliphatic rings. The predicted molar refractivity (Wildman–Crippen MR) is 106 cm³/mol. The van der Waals surface area contributed by atoms with Crippen LogP contribution in [0, 0.1) is 6.92 Å². The van der Waals surface area contributed by atoms with Crippen molar-refractivity contribution in [1.82, 2.24) is 4.90 Å². The SMILES string of the molecule is C=C(C)C(O)(C(=C)C)c1ccc(CN(CCC)Cc2sccc2C)o1. The van der Waals surface area contributed by atoms with Gasteiger partial charge in [-0.25, -0.2) is 0 Å². The average molecular weight is 360 g/mol. The van der Waals surface area contributed by atoms with Gasteiger partial charge in [0, 0.05) is 11.4 Å². The summed E-state index contributed by atoms with van der Waals surface area (Å²) in [6.45, 7) is 18.4. The molecule has 3 nitrogen and oxygen atoms in total. The summed E-state index contributed by atoms with van der Waals surface area (Å²) in [6, 6.07) is 5.93. The van der Waals surface area contributed by atoms with Gasteiger partial charge in [0.15, 0.2) is 5.60 Å². The van der Waals surface area contributed by atoms with E-state index in [1.54, 1.807) is 25.2 Å². The van der Waals surface area contributed by atoms with Crippen molar-refractivity contribution >= 4 is 11.3 Å². The fourth-order valence-electron chi connectivity index (χ4n) is 2.96. The van der Waals surface area contributed by atoms with Crippen LogP contribution in [0.2, 0.25) is 0 Å². The van der Waals surface area contributed by atoms with Gasteiger partial charge in [-0.1, -0.05) is 20.1 Å². The number of nitrogens with zero attached hydrogens (tertiary/aromatic N) is 1. The molecule has 0 aliphatic heterocycles. The smallest absolute Gasteiger partial charge is 0.163 e. The lowest BCUT2D eigenvalue weighted by atomic mass is 9.87. The molecule has 2 aromatic heterocycles. The van der Waals surface area contributed by atoms with Gasteiger partial charge in [-0.3, -0.25) is 4.90 Å². The standard InChI is InChI=1S/C21H29NO2S/c1-7-11-22(14-19-17(6)10-12-25-19)13-18-8-9-20(24-18)21(23,15(2)3)16(4)5/h8-10,12,23H,2,4,7,11,13-14H2,1,3,5-6H3. The fourth-order valence-corrected chi connectivity index (χ4v) is 3.91. The second kappa shape index (κ2) is 8.17. The third-order valence-electron chi connectivity index (χ3n) is 4.51. The first-order valence-corrected chi connectivity index (χ1v) is 9.55. The molecule has 0 radical (unpaired) electrons. The fraction of sp³-hybridized carbons (Fsp3) is 0.429. The Balaban J connectivity index is 2.18. The number of thiophene rings is 1. The van der Waals surface area contributed by atoms with Crippen LogP contribution >= 0.6 is 11.3 Å². The van der Waals surface area contributed by atoms with Crippen LogP contribution in [0.25, 0.3) is 0 Å². The van der Waals surface area contributed by atoms with E-state index in [4.69, 9.17) is 4.42 Å². The van der Waals surface area contributed by atoms with Gasteiger partial charge in [-0.2, -0.15) is 0 Å². The normalized spacial score (nSPS) is 11.9. The molecular formula is C21H29NO2S. The molecule has 0 aliphatic carbocycles. The van der Waals surface area contributed by atoms with Crippen molar-refractivity contribution in [2.75, 3.05) is 6.54 Å². The molecule has 4 heteroatoms. The first-order chi connectivity index (χ1) is 11.8. The quantitative estimate of drug-likeness (QED) is 0.609. The highest BCUT2D eigenvalue weighted by Crippen LogP contribution is 2.36. The lowest BCUT2D eigenvalue weighted by Crippen LogP contribution is -2.27. The maximum atomic E-state index is 10.9. The monoisotopic (exact) mass is 359 g/mol. The average Bonchev–Trinajstić information content (AvgIpc) is 3.16. The summed E-state index contributed by atoms with van der Waals surface area (Å²) >= 11 is 1.80. The molecule has 1 N–H and O–H groups in total. The summed E-state index contributed by atoms with van der Waals surface area (Å²) < 4.78 is 5.99. The molecule has 0 spiro atoms. The minimum absolute atomic E-state index is 0.492. The van der Waals surface area contributed by atoms with Crippen LogP contribution in [0.15, 0.2) is 52.3 Å². The number of aliphatic hydroxyl groups is 1. The van der Waals surface area contributed by atoms with Crippen LogP contribution < -0.4 is 0 Å². The summed E-state index contributed by atoms with van der Waals surface area (Å²) in [6.07, 6.45) is 1.08. The van der Waals surface area contributed by atoms with Crippen molar-refractivity contribution in [2.45, 2.75) is 52.8 Å². The molecule has 0 fully saturated rings. The van der Waals surface area contributed by atoms with Crippen molar-refractivity contribution in [3.8, 4) is 0 Å². The minimum Gasteiger partial charge on any atom is -0.461 e. The van der Waals surface area contributed by atoms with Gasteiger partial charge in [0.05, 0.1) is 6.54 Å². The molecule has 25 heavy (non-hydrogen) atoms. The Hall–Kier alpha value is -1.62. The van der Waals surface area contributed by atoms with Crippen molar-refractivity contribution in [3.63, 3.8) is 0 Å². The van der Waals surface area contributed by atoms with Gasteiger partial charge < -0.3 is 9.52 Å². The van der Waals surface area contributed by atoms with Gasteiger partial charge in [-0.15, -0.1) is 11.3 Å². The number of hydrogen-bond acceptors (Lipinski definition) is 4. The largest absolute Gasteiger partial charge is 0.461 e. The number of aryl methyl sites for hydroxylation is 1. The van der Waals surface area contributed by atoms with Gasteiger partial charge >= 0.3 is 0 Å². The Labute approximate surface area is 155 Å². The van der Waals surface area contributed by atoms with E-state index in [0.717, 1.165) is 25.3 Å². The van der Waals surface area contributed by atoms with Gasteiger partial charge in [0.1, 0.15) is 11.5 Å². The first kappa shape index (κ1) is 19.7. The highest BCUT2D eigenvalue weighted by Gasteiger charge is 2.34. The zero-order chi connectivity index (χ0) is 18.6. The van der Waals surface area contributed by atoms with E-state index in [-0.39, 0.29) is 0 Å². The van der Waals surface area contributed by atoms with Crippen LogP contribution in [0.3, 0.4) is 0 Å². The third kappa shape index (κ3) is 4.32. The second-order valence-electron chi connectivity index (χ2n) is 6.77. The van der Waals surface area contributed by atoms with Crippen molar-refractivity contribution in [1.29, 1.82) is 0 Å². The maximum absolute atomic E-state index is 10.9. The van der Waals surface area contributed by atoms with Gasteiger partial charge in [0.2, 0.25) is 0 Å². The molecule has 0 atom stereocenters. The predicted octanol–water partition coefficient (Wildman–Crippen LogP) is 5.40. The third-order valence-corrected chi connectivity index (χ3v) is 5.52. The second-order valence-corrected chi connectivity index (χ2v) is 7.78. The Morgan fingerprint density at radius 2 is 1.88 bits per heavy atom. The molecule has 2 rings (SSSR count). The number of furan rings is 1. The summed E-state index contributed by atoms with van der Waals surface area (Å²) in [4.78, 5) is 3.77. The van der Waals surface area contributed by atoms with E-state index >= 15 is 0 Å². The molecule has 2 heterocycles. The van der Waals surface area contributed by atoms with E-state index in [1.165, 1.54) is 10.4 Å². The highest BCUT2D eigenvalue weighted by molar-refractivity contribution is 7.10. The van der Waals surface area contributed by atoms with Crippen LogP contribution in [-0.4, -0.2) is 16.6 Å². The first-order valence-electron chi connectivity index (χ1n) is 8.67. The Bertz CT molecular complexity index is 727. The van der Waals surface area contributed by atoms with E-state index in [1.807, 2.05) is 12.1 Å². The zero-order valence-electron chi connectivity index (χ0n) is 15.8. The Morgan fingerprint density at radius 3 is 2.40 bits per heavy atom. The molecular weight excluding hydrogens is 330 g/mol. The zero-order valence-corrected chi connectivity index (χ0v) is 16.6. The van der Waals surface area contributed by atoms with Gasteiger partial charge in [0.25, 0.3) is 0 Å². The van der Waals surface area contributed by atoms with E-state index in [2.05, 4.69) is 43.4 Å². The molecule has 0 bridgehead atoms. The van der Waals surface area contributed by atoms with E-state index in [0.29, 0.717) is 23.5 Å². The molecule has 0 amide bonds. The topological polar surface area (TPSA) is 36.6 Å². The lowest BCUT2D eigenvalue weighted by molar-refractivity contribution is 0.0878. The van der Waals surface area contributed by atoms with Crippen LogP contribution in [-0.2, 0) is 18.7 Å². The lowest BCUT2D eigenvalue weighted by Gasteiger charge is -2.27. The van der Waals surface area contributed by atoms with Crippen LogP contribution in [0.1, 0.15) is 49.2 Å². The summed E-state index contributed by atoms with van der Waals surface area (Å²) in [7, 11) is 0. The molecule has 0 unspecified atom stereocenters. The van der Waals surface area contributed by atoms with E-state index < -0.39 is 5.60 Å². The highest BCUT2D eigenvalue weighted by atomic mass is 32.1. The Kier molecular flexibility index (Phi) is 6.44. The maximum Gasteiger partial charge on any atom is 0.163 e. The molecule has 2 aromatic rings. The Morgan fingerprint density at radius 1 is 1.20 bits per heavy atom. The summed E-state index contributed by atoms with van der Waals surface area (Å²) in [5, 5.41) is 13.1. The van der Waals surface area contributed by atoms with E-state index in [9.17, 15) is 5.11 Å². The van der Waals surface area contributed by atoms with Crippen molar-refractivity contribution in [3.05, 3.63) is 69.8 Å². The van der Waals surface area contributed by atoms with Crippen molar-refractivity contribution < 1.29 is 9.52 Å². The van der Waals surface area contributed by atoms with Crippen LogP contribution in [0.4, 0.5) is 0 Å². The van der Waals surface area contributed by atoms with Crippen LogP contribution in [0.5, 0.6) is 0 Å². The molecule has 0 saturated carbocycles. The minimum atomic E-state index is -1.31. The summed E-state index contributed by atoms with van der Waals surface area (Å²) in [5.41, 5.74) is 1.25. The van der Waals surface area contributed by atoms with Crippen molar-refractivity contribution in [2.24, 2.45) is 0 Å². The number of rotatable bonds is 9. The van der Waals surface area contributed by atoms with Gasteiger partial charge in [-0.05, 0) is 74.0 Å². The number of hydrogen-bond donors (Lipinski definition) is 1. The molecule has 0 aromatic carbocycles. The molecule has 0 saturated heterocycles. The summed E-state index contributed by atoms with van der Waals surface area (Å²) in [5.74, 6) is 1.34.